The van der Waals surface area contributed by atoms with Gasteiger partial charge in [0, 0.05) is 11.8 Å². The highest BCUT2D eigenvalue weighted by Crippen LogP contribution is 2.34. The molecule has 1 saturated heterocycles. The third kappa shape index (κ3) is 4.30. The molecule has 5 atom stereocenters. The summed E-state index contributed by atoms with van der Waals surface area (Å²) in [6, 6.07) is 8.18. The Morgan fingerprint density at radius 1 is 1.24 bits per heavy atom. The summed E-state index contributed by atoms with van der Waals surface area (Å²) in [5, 5.41) is 33.3. The molecular weight excluding hydrogens is 480 g/mol. The number of rotatable bonds is 8. The highest BCUT2D eigenvalue weighted by Gasteiger charge is 2.44. The van der Waals surface area contributed by atoms with Crippen molar-refractivity contribution in [3.05, 3.63) is 30.6 Å². The largest absolute Gasteiger partial charge is 0.467 e. The number of thioether (sulfide) groups is 1. The molecule has 0 spiro atoms. The van der Waals surface area contributed by atoms with Crippen molar-refractivity contribution >= 4 is 50.3 Å². The molecule has 0 radical (unpaired) electrons. The van der Waals surface area contributed by atoms with Gasteiger partial charge in [-0.15, -0.1) is 11.3 Å². The van der Waals surface area contributed by atoms with Gasteiger partial charge in [-0.25, -0.2) is 9.97 Å². The molecule has 1 aliphatic heterocycles. The fourth-order valence-electron chi connectivity index (χ4n) is 3.77. The van der Waals surface area contributed by atoms with Gasteiger partial charge in [-0.05, 0) is 19.1 Å². The Morgan fingerprint density at radius 3 is 2.79 bits per heavy atom. The summed E-state index contributed by atoms with van der Waals surface area (Å²) < 4.78 is 14.6. The van der Waals surface area contributed by atoms with Gasteiger partial charge < -0.3 is 30.1 Å². The van der Waals surface area contributed by atoms with Crippen molar-refractivity contribution in [1.82, 2.24) is 24.5 Å². The Balaban J connectivity index is 1.36. The molecule has 34 heavy (non-hydrogen) atoms. The van der Waals surface area contributed by atoms with E-state index in [0.29, 0.717) is 17.0 Å². The number of anilines is 1. The number of methoxy groups -OCH3 is 1. The molecule has 1 fully saturated rings. The van der Waals surface area contributed by atoms with Crippen LogP contribution in [0.4, 0.5) is 5.82 Å². The smallest absolute Gasteiger partial charge is 0.320 e. The van der Waals surface area contributed by atoms with E-state index in [1.54, 1.807) is 23.1 Å². The molecule has 4 aromatic rings. The fraction of sp³-hybridized carbons (Fsp3) is 0.429. The monoisotopic (exact) mass is 504 g/mol. The predicted octanol–water partition coefficient (Wildman–Crippen LogP) is 1.65. The summed E-state index contributed by atoms with van der Waals surface area (Å²) >= 11 is 3.32. The summed E-state index contributed by atoms with van der Waals surface area (Å²) in [6.45, 7) is 1.61. The number of thiazole rings is 1. The quantitative estimate of drug-likeness (QED) is 0.260. The Bertz CT molecular complexity index is 1270. The van der Waals surface area contributed by atoms with Crippen LogP contribution in [-0.2, 0) is 4.74 Å². The predicted molar refractivity (Wildman–Crippen MR) is 128 cm³/mol. The van der Waals surface area contributed by atoms with Gasteiger partial charge in [0.15, 0.2) is 27.5 Å². The molecule has 0 saturated carbocycles. The van der Waals surface area contributed by atoms with Gasteiger partial charge >= 0.3 is 6.01 Å². The van der Waals surface area contributed by atoms with Crippen LogP contribution in [0.2, 0.25) is 0 Å². The summed E-state index contributed by atoms with van der Waals surface area (Å²) in [4.78, 5) is 17.9. The minimum atomic E-state index is -1.25. The molecule has 0 amide bonds. The number of aliphatic hydroxyl groups excluding tert-OH is 3. The molecule has 180 valence electrons. The van der Waals surface area contributed by atoms with Crippen molar-refractivity contribution in [3.63, 3.8) is 0 Å². The molecule has 4 heterocycles. The molecule has 0 aliphatic carbocycles. The number of nitrogens with zero attached hydrogens (tertiary/aromatic N) is 5. The van der Waals surface area contributed by atoms with Gasteiger partial charge in [-0.2, -0.15) is 9.97 Å². The third-order valence-electron chi connectivity index (χ3n) is 5.49. The number of imidazole rings is 1. The number of benzene rings is 1. The van der Waals surface area contributed by atoms with E-state index in [0.717, 1.165) is 20.3 Å². The van der Waals surface area contributed by atoms with Crippen molar-refractivity contribution in [2.45, 2.75) is 41.8 Å². The zero-order valence-electron chi connectivity index (χ0n) is 18.4. The van der Waals surface area contributed by atoms with Crippen LogP contribution in [0, 0.1) is 0 Å². The van der Waals surface area contributed by atoms with E-state index in [1.165, 1.54) is 18.0 Å². The van der Waals surface area contributed by atoms with E-state index in [9.17, 15) is 15.3 Å². The Labute approximate surface area is 202 Å². The van der Waals surface area contributed by atoms with Crippen LogP contribution in [0.15, 0.2) is 34.9 Å². The lowest BCUT2D eigenvalue weighted by molar-refractivity contribution is -0.0511. The molecule has 3 aromatic heterocycles. The molecule has 4 N–H and O–H groups in total. The van der Waals surface area contributed by atoms with Gasteiger partial charge in [0.2, 0.25) is 0 Å². The van der Waals surface area contributed by atoms with E-state index in [4.69, 9.17) is 9.47 Å². The second kappa shape index (κ2) is 9.60. The number of aromatic nitrogens is 5. The topological polar surface area (TPSA) is 148 Å². The number of hydrogen-bond donors (Lipinski definition) is 4. The van der Waals surface area contributed by atoms with Crippen LogP contribution in [0.1, 0.15) is 13.2 Å². The van der Waals surface area contributed by atoms with Crippen LogP contribution in [0.3, 0.4) is 0 Å². The molecule has 13 heteroatoms. The van der Waals surface area contributed by atoms with Crippen LogP contribution in [0.25, 0.3) is 21.4 Å². The van der Waals surface area contributed by atoms with Crippen molar-refractivity contribution in [2.24, 2.45) is 0 Å². The first-order chi connectivity index (χ1) is 16.5. The maximum Gasteiger partial charge on any atom is 0.320 e. The summed E-state index contributed by atoms with van der Waals surface area (Å²) in [5.74, 6) is 1.22. The number of hydrogen-bond acceptors (Lipinski definition) is 12. The lowest BCUT2D eigenvalue weighted by Gasteiger charge is -2.17. The highest BCUT2D eigenvalue weighted by molar-refractivity contribution is 8.01. The second-order valence-corrected chi connectivity index (χ2v) is 10.2. The number of ether oxygens (including phenoxy) is 2. The summed E-state index contributed by atoms with van der Waals surface area (Å²) in [7, 11) is 1.46. The number of fused-ring (bicyclic) bond motifs is 2. The van der Waals surface area contributed by atoms with E-state index in [2.05, 4.69) is 31.3 Å². The van der Waals surface area contributed by atoms with Gasteiger partial charge in [0.25, 0.3) is 0 Å². The maximum absolute atomic E-state index is 10.4. The van der Waals surface area contributed by atoms with Gasteiger partial charge in [0.1, 0.15) is 18.3 Å². The Kier molecular flexibility index (Phi) is 6.55. The molecule has 0 bridgehead atoms. The van der Waals surface area contributed by atoms with Crippen LogP contribution >= 0.6 is 23.1 Å². The first-order valence-electron chi connectivity index (χ1n) is 10.6. The third-order valence-corrected chi connectivity index (χ3v) is 7.93. The summed E-state index contributed by atoms with van der Waals surface area (Å²) in [5.41, 5.74) is 1.83. The number of aliphatic hydroxyl groups is 3. The number of para-hydroxylation sites is 1. The average molecular weight is 505 g/mol. The Hall–Kier alpha value is -2.55. The minimum absolute atomic E-state index is 0.0129. The van der Waals surface area contributed by atoms with Crippen LogP contribution in [0.5, 0.6) is 6.01 Å². The molecular formula is C21H24N6O5S2. The SMILES string of the molecule is COc1nc(N[C@H](C)CSc2nc3ccccc3s2)c2ncn([C@@H]3O[C@H](CO)[C@@H](O)[C@H]3O)c2n1. The molecule has 5 rings (SSSR count). The molecule has 0 unspecified atom stereocenters. The van der Waals surface area contributed by atoms with Crippen molar-refractivity contribution in [2.75, 3.05) is 24.8 Å². The fourth-order valence-corrected chi connectivity index (χ4v) is 5.81. The lowest BCUT2D eigenvalue weighted by atomic mass is 10.1. The maximum atomic E-state index is 10.4. The van der Waals surface area contributed by atoms with Crippen molar-refractivity contribution < 1.29 is 24.8 Å². The van der Waals surface area contributed by atoms with Crippen LogP contribution in [-0.4, -0.2) is 83.6 Å². The van der Waals surface area contributed by atoms with E-state index in [-0.39, 0.29) is 12.1 Å². The normalized spacial score (nSPS) is 23.6. The zero-order chi connectivity index (χ0) is 23.8. The van der Waals surface area contributed by atoms with E-state index < -0.39 is 31.1 Å². The minimum Gasteiger partial charge on any atom is -0.467 e. The first-order valence-corrected chi connectivity index (χ1v) is 12.4. The standard InChI is InChI=1S/C21H24N6O5S2/c1-10(8-33-21-24-11-5-3-4-6-13(11)34-21)23-17-14-18(26-20(25-17)31-2)27(9-22-14)19-16(30)15(29)12(7-28)32-19/h3-6,9-10,12,15-16,19,28-30H,7-8H2,1-2H3,(H,23,25,26)/t10-,12-,15-,16-,19-/m1/s1. The molecule has 11 nitrogen and oxygen atoms in total. The molecule has 1 aromatic carbocycles. The average Bonchev–Trinajstić information content (AvgIpc) is 3.53. The van der Waals surface area contributed by atoms with Gasteiger partial charge in [-0.1, -0.05) is 23.9 Å². The van der Waals surface area contributed by atoms with Crippen LogP contribution < -0.4 is 10.1 Å². The Morgan fingerprint density at radius 2 is 2.06 bits per heavy atom. The van der Waals surface area contributed by atoms with Gasteiger partial charge in [-0.3, -0.25) is 4.57 Å². The first kappa shape index (κ1) is 23.2. The second-order valence-electron chi connectivity index (χ2n) is 7.92. The van der Waals surface area contributed by atoms with Crippen molar-refractivity contribution in [1.29, 1.82) is 0 Å². The van der Waals surface area contributed by atoms with Crippen molar-refractivity contribution in [3.8, 4) is 6.01 Å². The van der Waals surface area contributed by atoms with E-state index in [1.807, 2.05) is 25.1 Å². The zero-order valence-corrected chi connectivity index (χ0v) is 20.0. The molecule has 1 aliphatic rings. The highest BCUT2D eigenvalue weighted by atomic mass is 32.2. The number of nitrogens with one attached hydrogen (secondary N) is 1. The van der Waals surface area contributed by atoms with Gasteiger partial charge in [0.05, 0.1) is 30.3 Å². The summed E-state index contributed by atoms with van der Waals surface area (Å²) in [6.07, 6.45) is -2.88. The van der Waals surface area contributed by atoms with E-state index >= 15 is 0 Å². The lowest BCUT2D eigenvalue weighted by Crippen LogP contribution is -2.33.